The summed E-state index contributed by atoms with van der Waals surface area (Å²) < 4.78 is 0. The minimum atomic E-state index is 0.0966. The molecule has 1 aliphatic rings. The molecule has 1 fully saturated rings. The average molecular weight is 250 g/mol. The Balaban J connectivity index is 2.24. The van der Waals surface area contributed by atoms with Crippen molar-refractivity contribution in [3.05, 3.63) is 23.9 Å². The molecule has 0 spiro atoms. The van der Waals surface area contributed by atoms with Crippen molar-refractivity contribution in [2.45, 2.75) is 18.6 Å². The molecule has 1 saturated heterocycles. The summed E-state index contributed by atoms with van der Waals surface area (Å²) >= 11 is 2.02. The summed E-state index contributed by atoms with van der Waals surface area (Å²) in [6, 6.07) is 3.70. The summed E-state index contributed by atoms with van der Waals surface area (Å²) in [6.45, 7) is 4.20. The number of thioether (sulfide) groups is 1. The standard InChI is InChI=1S/C12H18N4S/c1-2-9-8-16(6-7-17-9)12-10(11(13)14)4-3-5-15-12/h3-5,9H,2,6-8H2,1H3,(H3,13,14). The van der Waals surface area contributed by atoms with Crippen LogP contribution >= 0.6 is 11.8 Å². The van der Waals surface area contributed by atoms with Crippen molar-refractivity contribution in [1.29, 1.82) is 5.41 Å². The number of anilines is 1. The molecule has 1 unspecified atom stereocenters. The molecule has 0 aliphatic carbocycles. The summed E-state index contributed by atoms with van der Waals surface area (Å²) in [5.74, 6) is 2.07. The van der Waals surface area contributed by atoms with Crippen LogP contribution < -0.4 is 10.6 Å². The predicted octanol–water partition coefficient (Wildman–Crippen LogP) is 1.70. The lowest BCUT2D eigenvalue weighted by Crippen LogP contribution is -2.39. The monoisotopic (exact) mass is 250 g/mol. The first-order valence-corrected chi connectivity index (χ1v) is 6.93. The van der Waals surface area contributed by atoms with E-state index in [2.05, 4.69) is 16.8 Å². The van der Waals surface area contributed by atoms with E-state index in [1.165, 1.54) is 6.42 Å². The van der Waals surface area contributed by atoms with Crippen LogP contribution in [-0.2, 0) is 0 Å². The Hall–Kier alpha value is -1.23. The molecule has 4 nitrogen and oxygen atoms in total. The molecule has 0 saturated carbocycles. The van der Waals surface area contributed by atoms with Crippen molar-refractivity contribution >= 4 is 23.4 Å². The molecule has 0 aromatic carbocycles. The van der Waals surface area contributed by atoms with E-state index in [1.54, 1.807) is 6.20 Å². The second kappa shape index (κ2) is 5.40. The summed E-state index contributed by atoms with van der Waals surface area (Å²) in [6.07, 6.45) is 2.94. The normalized spacial score (nSPS) is 20.3. The van der Waals surface area contributed by atoms with E-state index in [1.807, 2.05) is 23.9 Å². The number of hydrogen-bond acceptors (Lipinski definition) is 4. The third kappa shape index (κ3) is 2.72. The number of rotatable bonds is 3. The third-order valence-electron chi connectivity index (χ3n) is 2.97. The van der Waals surface area contributed by atoms with Gasteiger partial charge in [-0.2, -0.15) is 11.8 Å². The van der Waals surface area contributed by atoms with Crippen LogP contribution in [0.15, 0.2) is 18.3 Å². The summed E-state index contributed by atoms with van der Waals surface area (Å²) in [5, 5.41) is 8.25. The van der Waals surface area contributed by atoms with Gasteiger partial charge >= 0.3 is 0 Å². The Morgan fingerprint density at radius 1 is 1.71 bits per heavy atom. The molecule has 0 amide bonds. The predicted molar refractivity (Wildman–Crippen MR) is 74.0 cm³/mol. The second-order valence-corrected chi connectivity index (χ2v) is 5.54. The highest BCUT2D eigenvalue weighted by atomic mass is 32.2. The Kier molecular flexibility index (Phi) is 3.89. The maximum absolute atomic E-state index is 7.60. The van der Waals surface area contributed by atoms with E-state index in [4.69, 9.17) is 11.1 Å². The lowest BCUT2D eigenvalue weighted by atomic mass is 10.2. The number of nitrogens with one attached hydrogen (secondary N) is 1. The summed E-state index contributed by atoms with van der Waals surface area (Å²) in [5.41, 5.74) is 6.34. The molecule has 1 aliphatic heterocycles. The van der Waals surface area contributed by atoms with E-state index in [0.717, 1.165) is 30.2 Å². The van der Waals surface area contributed by atoms with Gasteiger partial charge in [0.1, 0.15) is 11.7 Å². The van der Waals surface area contributed by atoms with Crippen LogP contribution in [0.2, 0.25) is 0 Å². The van der Waals surface area contributed by atoms with Crippen LogP contribution in [0, 0.1) is 5.41 Å². The number of nitrogen functional groups attached to an aromatic ring is 1. The number of aromatic nitrogens is 1. The van der Waals surface area contributed by atoms with Crippen molar-refractivity contribution in [2.75, 3.05) is 23.7 Å². The number of hydrogen-bond donors (Lipinski definition) is 2. The third-order valence-corrected chi connectivity index (χ3v) is 4.34. The number of nitrogens with zero attached hydrogens (tertiary/aromatic N) is 2. The SMILES string of the molecule is CCC1CN(c2ncccc2C(=N)N)CCS1. The van der Waals surface area contributed by atoms with E-state index < -0.39 is 0 Å². The van der Waals surface area contributed by atoms with Gasteiger partial charge in [0.25, 0.3) is 0 Å². The van der Waals surface area contributed by atoms with E-state index >= 15 is 0 Å². The zero-order valence-corrected chi connectivity index (χ0v) is 10.8. The minimum Gasteiger partial charge on any atom is -0.384 e. The zero-order chi connectivity index (χ0) is 12.3. The Morgan fingerprint density at radius 2 is 2.53 bits per heavy atom. The van der Waals surface area contributed by atoms with Gasteiger partial charge in [-0.1, -0.05) is 6.92 Å². The number of nitrogens with two attached hydrogens (primary N) is 1. The van der Waals surface area contributed by atoms with Crippen molar-refractivity contribution < 1.29 is 0 Å². The Morgan fingerprint density at radius 3 is 3.24 bits per heavy atom. The fraction of sp³-hybridized carbons (Fsp3) is 0.500. The number of pyridine rings is 1. The largest absolute Gasteiger partial charge is 0.384 e. The zero-order valence-electron chi connectivity index (χ0n) is 10.0. The maximum Gasteiger partial charge on any atom is 0.139 e. The lowest BCUT2D eigenvalue weighted by molar-refractivity contribution is 0.719. The van der Waals surface area contributed by atoms with Gasteiger partial charge in [0.05, 0.1) is 5.56 Å². The van der Waals surface area contributed by atoms with Gasteiger partial charge in [-0.05, 0) is 18.6 Å². The lowest BCUT2D eigenvalue weighted by Gasteiger charge is -2.33. The molecule has 1 atom stereocenters. The van der Waals surface area contributed by atoms with Crippen molar-refractivity contribution in [2.24, 2.45) is 5.73 Å². The summed E-state index contributed by atoms with van der Waals surface area (Å²) in [4.78, 5) is 6.64. The smallest absolute Gasteiger partial charge is 0.139 e. The van der Waals surface area contributed by atoms with Crippen molar-refractivity contribution in [3.63, 3.8) is 0 Å². The van der Waals surface area contributed by atoms with Gasteiger partial charge in [0.15, 0.2) is 0 Å². The molecule has 2 heterocycles. The van der Waals surface area contributed by atoms with Gasteiger partial charge in [0, 0.05) is 30.3 Å². The highest BCUT2D eigenvalue weighted by Crippen LogP contribution is 2.26. The topological polar surface area (TPSA) is 66.0 Å². The Bertz CT molecular complexity index is 407. The van der Waals surface area contributed by atoms with E-state index in [-0.39, 0.29) is 5.84 Å². The molecule has 1 aromatic heterocycles. The van der Waals surface area contributed by atoms with Gasteiger partial charge in [-0.15, -0.1) is 0 Å². The first kappa shape index (κ1) is 12.2. The highest BCUT2D eigenvalue weighted by molar-refractivity contribution is 8.00. The van der Waals surface area contributed by atoms with Gasteiger partial charge in [0.2, 0.25) is 0 Å². The summed E-state index contributed by atoms with van der Waals surface area (Å²) in [7, 11) is 0. The maximum atomic E-state index is 7.60. The molecule has 2 rings (SSSR count). The van der Waals surface area contributed by atoms with Gasteiger partial charge in [-0.25, -0.2) is 4.98 Å². The van der Waals surface area contributed by atoms with Crippen LogP contribution in [0.5, 0.6) is 0 Å². The van der Waals surface area contributed by atoms with E-state index in [9.17, 15) is 0 Å². The van der Waals surface area contributed by atoms with Gasteiger partial charge < -0.3 is 10.6 Å². The van der Waals surface area contributed by atoms with Crippen LogP contribution in [-0.4, -0.2) is 34.9 Å². The first-order valence-electron chi connectivity index (χ1n) is 5.88. The van der Waals surface area contributed by atoms with Crippen LogP contribution in [0.3, 0.4) is 0 Å². The molecule has 1 aromatic rings. The number of amidine groups is 1. The van der Waals surface area contributed by atoms with Crippen molar-refractivity contribution in [3.8, 4) is 0 Å². The molecule has 3 N–H and O–H groups in total. The molecule has 0 radical (unpaired) electrons. The molecular weight excluding hydrogens is 232 g/mol. The average Bonchev–Trinajstić information content (AvgIpc) is 2.39. The van der Waals surface area contributed by atoms with Crippen LogP contribution in [0.1, 0.15) is 18.9 Å². The fourth-order valence-corrected chi connectivity index (χ4v) is 3.20. The molecule has 92 valence electrons. The van der Waals surface area contributed by atoms with Crippen LogP contribution in [0.25, 0.3) is 0 Å². The highest BCUT2D eigenvalue weighted by Gasteiger charge is 2.22. The first-order chi connectivity index (χ1) is 8.22. The minimum absolute atomic E-state index is 0.0966. The molecule has 0 bridgehead atoms. The second-order valence-electron chi connectivity index (χ2n) is 4.14. The molecule has 17 heavy (non-hydrogen) atoms. The molecular formula is C12H18N4S. The van der Waals surface area contributed by atoms with Crippen LogP contribution in [0.4, 0.5) is 5.82 Å². The quantitative estimate of drug-likeness (QED) is 0.633. The Labute approximate surface area is 106 Å². The van der Waals surface area contributed by atoms with E-state index in [0.29, 0.717) is 5.25 Å². The van der Waals surface area contributed by atoms with Crippen molar-refractivity contribution in [1.82, 2.24) is 4.98 Å². The molecule has 5 heteroatoms. The van der Waals surface area contributed by atoms with Gasteiger partial charge in [-0.3, -0.25) is 5.41 Å². The fourth-order valence-electron chi connectivity index (χ4n) is 2.02.